The number of ketones is 1. The Kier molecular flexibility index (Phi) is 6.99. The number of benzene rings is 2. The zero-order valence-electron chi connectivity index (χ0n) is 16.9. The van der Waals surface area contributed by atoms with Crippen LogP contribution in [0.4, 0.5) is 10.1 Å². The Morgan fingerprint density at radius 3 is 2.45 bits per heavy atom. The number of rotatable bonds is 7. The van der Waals surface area contributed by atoms with Crippen LogP contribution in [-0.4, -0.2) is 53.5 Å². The molecule has 8 heteroatoms. The van der Waals surface area contributed by atoms with Gasteiger partial charge in [-0.05, 0) is 12.1 Å². The van der Waals surface area contributed by atoms with Crippen LogP contribution in [-0.2, 0) is 11.2 Å². The number of piperazine rings is 1. The minimum atomic E-state index is -0.236. The Balaban J connectivity index is 1.26. The highest BCUT2D eigenvalue weighted by Gasteiger charge is 2.23. The summed E-state index contributed by atoms with van der Waals surface area (Å²) in [6, 6.07) is 15.9. The monoisotopic (exact) mass is 455 g/mol. The predicted molar refractivity (Wildman–Crippen MR) is 123 cm³/mol. The smallest absolute Gasteiger partial charge is 0.228 e. The molecule has 0 aliphatic carbocycles. The third kappa shape index (κ3) is 5.51. The average Bonchev–Trinajstić information content (AvgIpc) is 3.25. The van der Waals surface area contributed by atoms with Gasteiger partial charge >= 0.3 is 0 Å². The second-order valence-corrected chi connectivity index (χ2v) is 9.26. The largest absolute Gasteiger partial charge is 0.366 e. The van der Waals surface area contributed by atoms with Crippen LogP contribution < -0.4 is 4.90 Å². The van der Waals surface area contributed by atoms with Crippen LogP contribution in [0.2, 0.25) is 0 Å². The first-order valence-electron chi connectivity index (χ1n) is 10.0. The zero-order chi connectivity index (χ0) is 21.6. The Morgan fingerprint density at radius 2 is 1.71 bits per heavy atom. The molecular formula is C23H22FN3O2S2. The molecule has 0 unspecified atom stereocenters. The van der Waals surface area contributed by atoms with E-state index in [1.807, 2.05) is 39.4 Å². The van der Waals surface area contributed by atoms with Crippen LogP contribution in [0, 0.1) is 5.82 Å². The lowest BCUT2D eigenvalue weighted by Gasteiger charge is -2.36. The summed E-state index contributed by atoms with van der Waals surface area (Å²) >= 11 is 2.85. The molecule has 160 valence electrons. The van der Waals surface area contributed by atoms with E-state index in [-0.39, 0.29) is 23.9 Å². The maximum absolute atomic E-state index is 14.0. The fourth-order valence-electron chi connectivity index (χ4n) is 3.44. The van der Waals surface area contributed by atoms with Gasteiger partial charge in [0.1, 0.15) is 5.82 Å². The molecule has 1 aliphatic rings. The molecule has 1 saturated heterocycles. The first-order valence-corrected chi connectivity index (χ1v) is 11.9. The van der Waals surface area contributed by atoms with Crippen molar-refractivity contribution in [1.82, 2.24) is 9.88 Å². The number of thioether (sulfide) groups is 1. The van der Waals surface area contributed by atoms with Gasteiger partial charge in [0.05, 0.1) is 23.6 Å². The number of thiazole rings is 1. The molecule has 0 saturated carbocycles. The molecule has 0 bridgehead atoms. The van der Waals surface area contributed by atoms with Gasteiger partial charge in [0.2, 0.25) is 5.91 Å². The molecule has 3 aromatic rings. The number of hydrogen-bond donors (Lipinski definition) is 0. The van der Waals surface area contributed by atoms with Gasteiger partial charge in [0.25, 0.3) is 0 Å². The Morgan fingerprint density at radius 1 is 1.00 bits per heavy atom. The molecule has 0 atom stereocenters. The second-order valence-electron chi connectivity index (χ2n) is 7.18. The fourth-order valence-corrected chi connectivity index (χ4v) is 5.18. The summed E-state index contributed by atoms with van der Waals surface area (Å²) in [5, 5.41) is 1.88. The fraction of sp³-hybridized carbons (Fsp3) is 0.261. The molecule has 5 nitrogen and oxygen atoms in total. The quantitative estimate of drug-likeness (QED) is 0.396. The topological polar surface area (TPSA) is 53.5 Å². The van der Waals surface area contributed by atoms with Crippen molar-refractivity contribution in [2.24, 2.45) is 0 Å². The van der Waals surface area contributed by atoms with E-state index >= 15 is 0 Å². The second kappa shape index (κ2) is 10.1. The SMILES string of the molecule is O=C(CSc1nc(CC(=O)N2CCN(c3ccccc3F)CC2)cs1)c1ccccc1. The molecule has 0 N–H and O–H groups in total. The van der Waals surface area contributed by atoms with Crippen molar-refractivity contribution >= 4 is 40.5 Å². The first-order chi connectivity index (χ1) is 15.1. The number of aromatic nitrogens is 1. The number of halogens is 1. The third-order valence-corrected chi connectivity index (χ3v) is 7.18. The molecule has 2 aromatic carbocycles. The van der Waals surface area contributed by atoms with Gasteiger partial charge in [-0.25, -0.2) is 9.37 Å². The summed E-state index contributed by atoms with van der Waals surface area (Å²) in [4.78, 5) is 33.2. The number of hydrogen-bond acceptors (Lipinski definition) is 6. The van der Waals surface area contributed by atoms with Gasteiger partial charge in [-0.15, -0.1) is 11.3 Å². The summed E-state index contributed by atoms with van der Waals surface area (Å²) in [6.45, 7) is 2.33. The third-order valence-electron chi connectivity index (χ3n) is 5.11. The van der Waals surface area contributed by atoms with Gasteiger partial charge in [0.15, 0.2) is 10.1 Å². The highest BCUT2D eigenvalue weighted by Crippen LogP contribution is 2.25. The van der Waals surface area contributed by atoms with Gasteiger partial charge in [0, 0.05) is 37.1 Å². The van der Waals surface area contributed by atoms with Gasteiger partial charge in [-0.3, -0.25) is 9.59 Å². The van der Waals surface area contributed by atoms with Crippen LogP contribution in [0.3, 0.4) is 0 Å². The molecule has 1 amide bonds. The Hall–Kier alpha value is -2.71. The summed E-state index contributed by atoms with van der Waals surface area (Å²) < 4.78 is 14.8. The van der Waals surface area contributed by atoms with Crippen molar-refractivity contribution in [2.75, 3.05) is 36.8 Å². The van der Waals surface area contributed by atoms with E-state index in [1.165, 1.54) is 29.2 Å². The lowest BCUT2D eigenvalue weighted by Crippen LogP contribution is -2.49. The molecule has 1 aromatic heterocycles. The van der Waals surface area contributed by atoms with E-state index in [9.17, 15) is 14.0 Å². The van der Waals surface area contributed by atoms with E-state index in [2.05, 4.69) is 4.98 Å². The van der Waals surface area contributed by atoms with E-state index in [0.29, 0.717) is 43.2 Å². The Labute approximate surface area is 188 Å². The number of anilines is 1. The van der Waals surface area contributed by atoms with Crippen molar-refractivity contribution in [3.63, 3.8) is 0 Å². The van der Waals surface area contributed by atoms with Crippen molar-refractivity contribution < 1.29 is 14.0 Å². The highest BCUT2D eigenvalue weighted by molar-refractivity contribution is 8.01. The van der Waals surface area contributed by atoms with Crippen molar-refractivity contribution in [2.45, 2.75) is 10.8 Å². The molecular weight excluding hydrogens is 433 g/mol. The molecule has 0 spiro atoms. The molecule has 1 fully saturated rings. The summed E-state index contributed by atoms with van der Waals surface area (Å²) in [7, 11) is 0. The number of nitrogens with zero attached hydrogens (tertiary/aromatic N) is 3. The molecule has 2 heterocycles. The maximum atomic E-state index is 14.0. The predicted octanol–water partition coefficient (Wildman–Crippen LogP) is 4.15. The van der Waals surface area contributed by atoms with E-state index < -0.39 is 0 Å². The molecule has 0 radical (unpaired) electrons. The van der Waals surface area contributed by atoms with E-state index in [4.69, 9.17) is 0 Å². The lowest BCUT2D eigenvalue weighted by atomic mass is 10.2. The molecule has 4 rings (SSSR count). The summed E-state index contributed by atoms with van der Waals surface area (Å²) in [6.07, 6.45) is 0.239. The highest BCUT2D eigenvalue weighted by atomic mass is 32.2. The number of carbonyl (C=O) groups is 2. The minimum Gasteiger partial charge on any atom is -0.366 e. The first kappa shape index (κ1) is 21.5. The maximum Gasteiger partial charge on any atom is 0.228 e. The average molecular weight is 456 g/mol. The zero-order valence-corrected chi connectivity index (χ0v) is 18.5. The van der Waals surface area contributed by atoms with Crippen molar-refractivity contribution in [3.8, 4) is 0 Å². The van der Waals surface area contributed by atoms with Crippen LogP contribution in [0.5, 0.6) is 0 Å². The summed E-state index contributed by atoms with van der Waals surface area (Å²) in [5.74, 6) is 0.171. The lowest BCUT2D eigenvalue weighted by molar-refractivity contribution is -0.130. The van der Waals surface area contributed by atoms with E-state index in [0.717, 1.165) is 10.0 Å². The number of carbonyl (C=O) groups excluding carboxylic acids is 2. The van der Waals surface area contributed by atoms with Crippen LogP contribution in [0.1, 0.15) is 16.1 Å². The van der Waals surface area contributed by atoms with Gasteiger partial charge in [-0.1, -0.05) is 54.2 Å². The normalized spacial score (nSPS) is 14.0. The number of Topliss-reactive ketones (excluding diaryl/α,β-unsaturated/α-hetero) is 1. The van der Waals surface area contributed by atoms with Gasteiger partial charge in [-0.2, -0.15) is 0 Å². The number of para-hydroxylation sites is 1. The molecule has 31 heavy (non-hydrogen) atoms. The van der Waals surface area contributed by atoms with Gasteiger partial charge < -0.3 is 9.80 Å². The van der Waals surface area contributed by atoms with E-state index in [1.54, 1.807) is 24.3 Å². The minimum absolute atomic E-state index is 0.0235. The Bertz CT molecular complexity index is 1050. The van der Waals surface area contributed by atoms with Crippen LogP contribution >= 0.6 is 23.1 Å². The van der Waals surface area contributed by atoms with Crippen molar-refractivity contribution in [1.29, 1.82) is 0 Å². The van der Waals surface area contributed by atoms with Crippen molar-refractivity contribution in [3.05, 3.63) is 77.1 Å². The molecule has 1 aliphatic heterocycles. The van der Waals surface area contributed by atoms with Crippen LogP contribution in [0.25, 0.3) is 0 Å². The van der Waals surface area contributed by atoms with Crippen LogP contribution in [0.15, 0.2) is 64.3 Å². The number of amides is 1. The summed E-state index contributed by atoms with van der Waals surface area (Å²) in [5.41, 5.74) is 2.00. The standard InChI is InChI=1S/C23H22FN3O2S2/c24-19-8-4-5-9-20(19)26-10-12-27(13-11-26)22(29)14-18-15-30-23(25-18)31-16-21(28)17-6-2-1-3-7-17/h1-9,15H,10-14,16H2.